The summed E-state index contributed by atoms with van der Waals surface area (Å²) in [5.74, 6) is 0. The SMILES string of the molecule is Cc1ccccc1Nc1ccc(S(N)(=O)=O)c(N)c1. The molecule has 19 heavy (non-hydrogen) atoms. The zero-order chi connectivity index (χ0) is 14.0. The van der Waals surface area contributed by atoms with Gasteiger partial charge in [0, 0.05) is 11.4 Å². The molecule has 0 aliphatic rings. The summed E-state index contributed by atoms with van der Waals surface area (Å²) in [6.07, 6.45) is 0. The first-order valence-corrected chi connectivity index (χ1v) is 7.17. The predicted octanol–water partition coefficient (Wildman–Crippen LogP) is 1.97. The summed E-state index contributed by atoms with van der Waals surface area (Å²) in [5, 5.41) is 8.23. The largest absolute Gasteiger partial charge is 0.398 e. The van der Waals surface area contributed by atoms with E-state index in [4.69, 9.17) is 10.9 Å². The molecule has 2 aromatic rings. The Bertz CT molecular complexity index is 712. The van der Waals surface area contributed by atoms with Crippen LogP contribution in [-0.2, 0) is 10.0 Å². The van der Waals surface area contributed by atoms with E-state index in [1.807, 2.05) is 31.2 Å². The second-order valence-electron chi connectivity index (χ2n) is 4.24. The third-order valence-electron chi connectivity index (χ3n) is 2.74. The molecule has 2 rings (SSSR count). The number of benzene rings is 2. The van der Waals surface area contributed by atoms with Crippen LogP contribution in [0.4, 0.5) is 17.1 Å². The molecule has 0 heterocycles. The van der Waals surface area contributed by atoms with Crippen molar-refractivity contribution in [1.29, 1.82) is 0 Å². The Morgan fingerprint density at radius 3 is 2.37 bits per heavy atom. The molecule has 0 aliphatic heterocycles. The van der Waals surface area contributed by atoms with E-state index in [0.29, 0.717) is 5.69 Å². The highest BCUT2D eigenvalue weighted by molar-refractivity contribution is 7.89. The van der Waals surface area contributed by atoms with Gasteiger partial charge in [-0.1, -0.05) is 18.2 Å². The average molecular weight is 277 g/mol. The lowest BCUT2D eigenvalue weighted by Crippen LogP contribution is -2.14. The van der Waals surface area contributed by atoms with Gasteiger partial charge in [-0.3, -0.25) is 0 Å². The van der Waals surface area contributed by atoms with Gasteiger partial charge in [0.15, 0.2) is 0 Å². The van der Waals surface area contributed by atoms with E-state index in [9.17, 15) is 8.42 Å². The van der Waals surface area contributed by atoms with Crippen molar-refractivity contribution in [2.75, 3.05) is 11.1 Å². The first kappa shape index (κ1) is 13.4. The third kappa shape index (κ3) is 3.04. The zero-order valence-corrected chi connectivity index (χ0v) is 11.2. The monoisotopic (exact) mass is 277 g/mol. The van der Waals surface area contributed by atoms with Crippen molar-refractivity contribution >= 4 is 27.1 Å². The van der Waals surface area contributed by atoms with E-state index in [-0.39, 0.29) is 10.6 Å². The van der Waals surface area contributed by atoms with Crippen LogP contribution in [0.3, 0.4) is 0 Å². The third-order valence-corrected chi connectivity index (χ3v) is 3.73. The Kier molecular flexibility index (Phi) is 3.46. The van der Waals surface area contributed by atoms with Crippen LogP contribution in [0.1, 0.15) is 5.56 Å². The molecule has 0 saturated carbocycles. The zero-order valence-electron chi connectivity index (χ0n) is 10.4. The number of hydrogen-bond acceptors (Lipinski definition) is 4. The van der Waals surface area contributed by atoms with Gasteiger partial charge < -0.3 is 11.1 Å². The minimum atomic E-state index is -3.78. The molecular weight excluding hydrogens is 262 g/mol. The van der Waals surface area contributed by atoms with Gasteiger partial charge >= 0.3 is 0 Å². The van der Waals surface area contributed by atoms with Gasteiger partial charge in [-0.15, -0.1) is 0 Å². The molecule has 0 spiro atoms. The van der Waals surface area contributed by atoms with Gasteiger partial charge in [0.05, 0.1) is 5.69 Å². The standard InChI is InChI=1S/C13H15N3O2S/c1-9-4-2-3-5-12(9)16-10-6-7-13(11(14)8-10)19(15,17)18/h2-8,16H,14H2,1H3,(H2,15,17,18). The lowest BCUT2D eigenvalue weighted by atomic mass is 10.2. The van der Waals surface area contributed by atoms with Crippen molar-refractivity contribution in [2.24, 2.45) is 5.14 Å². The van der Waals surface area contributed by atoms with Crippen LogP contribution < -0.4 is 16.2 Å². The quantitative estimate of drug-likeness (QED) is 0.747. The molecule has 0 aliphatic carbocycles. The first-order chi connectivity index (χ1) is 8.88. The van der Waals surface area contributed by atoms with Crippen molar-refractivity contribution in [3.63, 3.8) is 0 Å². The van der Waals surface area contributed by atoms with E-state index in [1.54, 1.807) is 12.1 Å². The van der Waals surface area contributed by atoms with Gasteiger partial charge in [-0.05, 0) is 36.8 Å². The molecule has 0 unspecified atom stereocenters. The van der Waals surface area contributed by atoms with E-state index >= 15 is 0 Å². The fraction of sp³-hybridized carbons (Fsp3) is 0.0769. The van der Waals surface area contributed by atoms with Gasteiger partial charge in [0.2, 0.25) is 10.0 Å². The number of aryl methyl sites for hydroxylation is 1. The van der Waals surface area contributed by atoms with Crippen LogP contribution in [0.15, 0.2) is 47.4 Å². The molecule has 0 amide bonds. The van der Waals surface area contributed by atoms with Crippen LogP contribution in [-0.4, -0.2) is 8.42 Å². The van der Waals surface area contributed by atoms with Crippen molar-refractivity contribution < 1.29 is 8.42 Å². The maximum atomic E-state index is 11.3. The Balaban J connectivity index is 2.34. The van der Waals surface area contributed by atoms with E-state index in [1.165, 1.54) is 6.07 Å². The maximum Gasteiger partial charge on any atom is 0.240 e. The summed E-state index contributed by atoms with van der Waals surface area (Å²) in [4.78, 5) is -0.0668. The highest BCUT2D eigenvalue weighted by atomic mass is 32.2. The Labute approximate surface area is 112 Å². The second kappa shape index (κ2) is 4.91. The number of nitrogens with two attached hydrogens (primary N) is 2. The molecule has 100 valence electrons. The Morgan fingerprint density at radius 1 is 1.11 bits per heavy atom. The number of para-hydroxylation sites is 1. The summed E-state index contributed by atoms with van der Waals surface area (Å²) < 4.78 is 22.5. The lowest BCUT2D eigenvalue weighted by molar-refractivity contribution is 0.598. The molecular formula is C13H15N3O2S. The molecule has 0 saturated heterocycles. The second-order valence-corrected chi connectivity index (χ2v) is 5.77. The Hall–Kier alpha value is -2.05. The van der Waals surface area contributed by atoms with Crippen molar-refractivity contribution in [2.45, 2.75) is 11.8 Å². The van der Waals surface area contributed by atoms with Gasteiger partial charge in [0.25, 0.3) is 0 Å². The molecule has 0 fully saturated rings. The Morgan fingerprint density at radius 2 is 1.79 bits per heavy atom. The molecule has 6 heteroatoms. The predicted molar refractivity (Wildman–Crippen MR) is 76.7 cm³/mol. The fourth-order valence-electron chi connectivity index (χ4n) is 1.75. The van der Waals surface area contributed by atoms with Gasteiger partial charge in [-0.25, -0.2) is 13.6 Å². The number of nitrogens with one attached hydrogen (secondary N) is 1. The molecule has 0 atom stereocenters. The summed E-state index contributed by atoms with van der Waals surface area (Å²) in [7, 11) is -3.78. The number of sulfonamides is 1. The van der Waals surface area contributed by atoms with Crippen LogP contribution in [0.2, 0.25) is 0 Å². The number of hydrogen-bond donors (Lipinski definition) is 3. The summed E-state index contributed by atoms with van der Waals surface area (Å²) in [6.45, 7) is 1.98. The van der Waals surface area contributed by atoms with Crippen molar-refractivity contribution in [1.82, 2.24) is 0 Å². The minimum absolute atomic E-state index is 0.0668. The lowest BCUT2D eigenvalue weighted by Gasteiger charge is -2.11. The van der Waals surface area contributed by atoms with E-state index in [0.717, 1.165) is 11.3 Å². The van der Waals surface area contributed by atoms with Gasteiger partial charge in [0.1, 0.15) is 4.90 Å². The van der Waals surface area contributed by atoms with Crippen LogP contribution in [0, 0.1) is 6.92 Å². The smallest absolute Gasteiger partial charge is 0.240 e. The van der Waals surface area contributed by atoms with Crippen LogP contribution in [0.25, 0.3) is 0 Å². The normalized spacial score (nSPS) is 11.3. The molecule has 0 bridgehead atoms. The number of anilines is 3. The number of primary sulfonamides is 1. The summed E-state index contributed by atoms with van der Waals surface area (Å²) in [5.41, 5.74) is 8.55. The van der Waals surface area contributed by atoms with E-state index < -0.39 is 10.0 Å². The summed E-state index contributed by atoms with van der Waals surface area (Å²) in [6, 6.07) is 12.3. The van der Waals surface area contributed by atoms with Crippen LogP contribution in [0.5, 0.6) is 0 Å². The summed E-state index contributed by atoms with van der Waals surface area (Å²) >= 11 is 0. The van der Waals surface area contributed by atoms with E-state index in [2.05, 4.69) is 5.32 Å². The molecule has 2 aromatic carbocycles. The van der Waals surface area contributed by atoms with Gasteiger partial charge in [-0.2, -0.15) is 0 Å². The highest BCUT2D eigenvalue weighted by Crippen LogP contribution is 2.25. The minimum Gasteiger partial charge on any atom is -0.398 e. The highest BCUT2D eigenvalue weighted by Gasteiger charge is 2.12. The number of nitrogen functional groups attached to an aromatic ring is 1. The first-order valence-electron chi connectivity index (χ1n) is 5.63. The fourth-order valence-corrected chi connectivity index (χ4v) is 2.40. The van der Waals surface area contributed by atoms with Crippen molar-refractivity contribution in [3.8, 4) is 0 Å². The maximum absolute atomic E-state index is 11.3. The molecule has 5 nitrogen and oxygen atoms in total. The van der Waals surface area contributed by atoms with Crippen molar-refractivity contribution in [3.05, 3.63) is 48.0 Å². The average Bonchev–Trinajstić information content (AvgIpc) is 2.30. The topological polar surface area (TPSA) is 98.2 Å². The molecule has 5 N–H and O–H groups in total. The molecule has 0 aromatic heterocycles. The van der Waals surface area contributed by atoms with Crippen LogP contribution >= 0.6 is 0 Å². The number of rotatable bonds is 3. The molecule has 0 radical (unpaired) electrons.